The van der Waals surface area contributed by atoms with Crippen LogP contribution in [-0.4, -0.2) is 26.6 Å². The summed E-state index contributed by atoms with van der Waals surface area (Å²) in [5, 5.41) is 15.7. The number of hydrogen-bond donors (Lipinski definition) is 2. The largest absolute Gasteiger partial charge is 0.354 e. The Kier molecular flexibility index (Phi) is 5.89. The second-order valence-electron chi connectivity index (χ2n) is 3.13. The number of sulfonamides is 1. The van der Waals surface area contributed by atoms with E-state index in [0.29, 0.717) is 6.42 Å². The van der Waals surface area contributed by atoms with Gasteiger partial charge in [-0.15, -0.1) is 0 Å². The van der Waals surface area contributed by atoms with Crippen molar-refractivity contribution in [1.29, 1.82) is 5.26 Å². The number of amides is 1. The molecule has 3 N–H and O–H groups in total. The Labute approximate surface area is 89.5 Å². The van der Waals surface area contributed by atoms with Gasteiger partial charge in [-0.2, -0.15) is 5.26 Å². The summed E-state index contributed by atoms with van der Waals surface area (Å²) in [5.41, 5.74) is 0. The van der Waals surface area contributed by atoms with Gasteiger partial charge in [0.15, 0.2) is 0 Å². The fourth-order valence-electron chi connectivity index (χ4n) is 0.983. The zero-order valence-electron chi connectivity index (χ0n) is 8.56. The smallest absolute Gasteiger partial charge is 0.237 e. The van der Waals surface area contributed by atoms with E-state index < -0.39 is 21.8 Å². The summed E-state index contributed by atoms with van der Waals surface area (Å²) in [6.45, 7) is 1.81. The fraction of sp³-hybridized carbons (Fsp3) is 0.750. The third-order valence-corrected chi connectivity index (χ3v) is 2.51. The molecule has 0 bridgehead atoms. The molecule has 0 aromatic carbocycles. The minimum atomic E-state index is -3.56. The molecule has 0 heterocycles. The summed E-state index contributed by atoms with van der Waals surface area (Å²) in [6, 6.07) is 1.86. The molecule has 86 valence electrons. The van der Waals surface area contributed by atoms with Gasteiger partial charge in [0.25, 0.3) is 0 Å². The van der Waals surface area contributed by atoms with Gasteiger partial charge in [-0.1, -0.05) is 13.3 Å². The van der Waals surface area contributed by atoms with Gasteiger partial charge in [0.2, 0.25) is 15.9 Å². The molecule has 0 fully saturated rings. The van der Waals surface area contributed by atoms with E-state index in [1.54, 1.807) is 0 Å². The van der Waals surface area contributed by atoms with E-state index in [4.69, 9.17) is 10.4 Å². The molecule has 0 aliphatic rings. The first-order valence-corrected chi connectivity index (χ1v) is 6.30. The number of nitriles is 1. The first-order valence-electron chi connectivity index (χ1n) is 4.58. The van der Waals surface area contributed by atoms with Crippen molar-refractivity contribution in [3.8, 4) is 6.07 Å². The summed E-state index contributed by atoms with van der Waals surface area (Å²) in [4.78, 5) is 11.3. The van der Waals surface area contributed by atoms with E-state index in [1.807, 2.05) is 13.0 Å². The molecule has 0 aliphatic carbocycles. The Morgan fingerprint density at radius 1 is 1.60 bits per heavy atom. The van der Waals surface area contributed by atoms with E-state index in [-0.39, 0.29) is 12.3 Å². The van der Waals surface area contributed by atoms with Crippen LogP contribution in [-0.2, 0) is 14.8 Å². The predicted octanol–water partition coefficient (Wildman–Crippen LogP) is -0.669. The maximum absolute atomic E-state index is 11.3. The van der Waals surface area contributed by atoms with Gasteiger partial charge in [0, 0.05) is 6.54 Å². The molecular formula is C8H15N3O3S. The molecule has 0 aliphatic heterocycles. The van der Waals surface area contributed by atoms with Crippen molar-refractivity contribution in [2.24, 2.45) is 11.1 Å². The highest BCUT2D eigenvalue weighted by Crippen LogP contribution is 2.04. The van der Waals surface area contributed by atoms with Crippen molar-refractivity contribution in [3.63, 3.8) is 0 Å². The van der Waals surface area contributed by atoms with Crippen LogP contribution in [0.15, 0.2) is 0 Å². The Bertz CT molecular complexity index is 345. The number of nitrogens with two attached hydrogens (primary N) is 1. The van der Waals surface area contributed by atoms with E-state index in [0.717, 1.165) is 6.42 Å². The molecule has 0 saturated heterocycles. The lowest BCUT2D eigenvalue weighted by atomic mass is 10.1. The SMILES string of the molecule is CCCC(C#N)C(=O)NCCS(N)(=O)=O. The molecule has 1 amide bonds. The van der Waals surface area contributed by atoms with Gasteiger partial charge in [0.05, 0.1) is 11.8 Å². The highest BCUT2D eigenvalue weighted by Gasteiger charge is 2.16. The molecule has 0 saturated carbocycles. The molecule has 15 heavy (non-hydrogen) atoms. The Morgan fingerprint density at radius 2 is 2.20 bits per heavy atom. The number of carbonyl (C=O) groups is 1. The van der Waals surface area contributed by atoms with Crippen molar-refractivity contribution in [1.82, 2.24) is 5.32 Å². The van der Waals surface area contributed by atoms with Crippen molar-refractivity contribution < 1.29 is 13.2 Å². The van der Waals surface area contributed by atoms with E-state index in [1.165, 1.54) is 0 Å². The lowest BCUT2D eigenvalue weighted by molar-refractivity contribution is -0.123. The minimum Gasteiger partial charge on any atom is -0.354 e. The van der Waals surface area contributed by atoms with Gasteiger partial charge >= 0.3 is 0 Å². The second-order valence-corrected chi connectivity index (χ2v) is 4.86. The third-order valence-electron chi connectivity index (χ3n) is 1.74. The summed E-state index contributed by atoms with van der Waals surface area (Å²) in [6.07, 6.45) is 1.19. The summed E-state index contributed by atoms with van der Waals surface area (Å²) in [7, 11) is -3.56. The lowest BCUT2D eigenvalue weighted by Gasteiger charge is -2.08. The Hall–Kier alpha value is -1.13. The molecule has 0 rings (SSSR count). The van der Waals surface area contributed by atoms with Crippen LogP contribution in [0, 0.1) is 17.2 Å². The number of nitrogens with zero attached hydrogens (tertiary/aromatic N) is 1. The number of nitrogens with one attached hydrogen (secondary N) is 1. The van der Waals surface area contributed by atoms with E-state index in [9.17, 15) is 13.2 Å². The standard InChI is InChI=1S/C8H15N3O3S/c1-2-3-7(6-9)8(12)11-4-5-15(10,13)14/h7H,2-5H2,1H3,(H,11,12)(H2,10,13,14). The van der Waals surface area contributed by atoms with Crippen LogP contribution in [0.4, 0.5) is 0 Å². The van der Waals surface area contributed by atoms with E-state index in [2.05, 4.69) is 5.32 Å². The normalized spacial score (nSPS) is 12.9. The van der Waals surface area contributed by atoms with Crippen molar-refractivity contribution >= 4 is 15.9 Å². The van der Waals surface area contributed by atoms with Crippen LogP contribution in [0.5, 0.6) is 0 Å². The first-order chi connectivity index (χ1) is 6.90. The van der Waals surface area contributed by atoms with Crippen LogP contribution in [0.3, 0.4) is 0 Å². The topological polar surface area (TPSA) is 113 Å². The van der Waals surface area contributed by atoms with Gasteiger partial charge in [-0.05, 0) is 6.42 Å². The molecule has 6 nitrogen and oxygen atoms in total. The van der Waals surface area contributed by atoms with Crippen LogP contribution >= 0.6 is 0 Å². The average molecular weight is 233 g/mol. The van der Waals surface area contributed by atoms with Gasteiger partial charge in [-0.3, -0.25) is 4.79 Å². The lowest BCUT2D eigenvalue weighted by Crippen LogP contribution is -2.35. The fourth-order valence-corrected chi connectivity index (χ4v) is 1.37. The first kappa shape index (κ1) is 13.9. The average Bonchev–Trinajstić information content (AvgIpc) is 2.11. The van der Waals surface area contributed by atoms with Crippen LogP contribution < -0.4 is 10.5 Å². The quantitative estimate of drug-likeness (QED) is 0.633. The Balaban J connectivity index is 3.98. The molecule has 1 atom stereocenters. The summed E-state index contributed by atoms with van der Waals surface area (Å²) >= 11 is 0. The van der Waals surface area contributed by atoms with Crippen molar-refractivity contribution in [2.45, 2.75) is 19.8 Å². The number of rotatable bonds is 6. The molecule has 0 aromatic heterocycles. The minimum absolute atomic E-state index is 0.0560. The van der Waals surface area contributed by atoms with Gasteiger partial charge in [0.1, 0.15) is 5.92 Å². The van der Waals surface area contributed by atoms with Crippen LogP contribution in [0.2, 0.25) is 0 Å². The zero-order chi connectivity index (χ0) is 11.9. The maximum Gasteiger partial charge on any atom is 0.237 e. The second kappa shape index (κ2) is 6.37. The third kappa shape index (κ3) is 6.88. The van der Waals surface area contributed by atoms with Crippen molar-refractivity contribution in [2.75, 3.05) is 12.3 Å². The zero-order valence-corrected chi connectivity index (χ0v) is 9.38. The molecule has 0 radical (unpaired) electrons. The van der Waals surface area contributed by atoms with Gasteiger partial charge < -0.3 is 5.32 Å². The highest BCUT2D eigenvalue weighted by atomic mass is 32.2. The van der Waals surface area contributed by atoms with Crippen LogP contribution in [0.1, 0.15) is 19.8 Å². The molecule has 0 aromatic rings. The summed E-state index contributed by atoms with van der Waals surface area (Å²) in [5.74, 6) is -1.47. The summed E-state index contributed by atoms with van der Waals surface area (Å²) < 4.78 is 21.1. The van der Waals surface area contributed by atoms with Crippen LogP contribution in [0.25, 0.3) is 0 Å². The molecule has 1 unspecified atom stereocenters. The molecule has 7 heteroatoms. The maximum atomic E-state index is 11.3. The number of primary sulfonamides is 1. The monoisotopic (exact) mass is 233 g/mol. The molecule has 0 spiro atoms. The van der Waals surface area contributed by atoms with Gasteiger partial charge in [-0.25, -0.2) is 13.6 Å². The van der Waals surface area contributed by atoms with E-state index >= 15 is 0 Å². The predicted molar refractivity (Wildman–Crippen MR) is 55.0 cm³/mol. The number of carbonyl (C=O) groups excluding carboxylic acids is 1. The van der Waals surface area contributed by atoms with Crippen molar-refractivity contribution in [3.05, 3.63) is 0 Å². The molecular weight excluding hydrogens is 218 g/mol. The Morgan fingerprint density at radius 3 is 2.60 bits per heavy atom. The number of hydrogen-bond acceptors (Lipinski definition) is 4. The highest BCUT2D eigenvalue weighted by molar-refractivity contribution is 7.89.